The summed E-state index contributed by atoms with van der Waals surface area (Å²) < 4.78 is 53.3. The van der Waals surface area contributed by atoms with Gasteiger partial charge in [-0.3, -0.25) is 4.72 Å². The first-order valence-electron chi connectivity index (χ1n) is 12.9. The highest BCUT2D eigenvalue weighted by Gasteiger charge is 2.15. The fourth-order valence-corrected chi connectivity index (χ4v) is 4.79. The summed E-state index contributed by atoms with van der Waals surface area (Å²) in [6.07, 6.45) is 1.47. The lowest BCUT2D eigenvalue weighted by molar-refractivity contribution is 0.0682. The van der Waals surface area contributed by atoms with Gasteiger partial charge in [-0.25, -0.2) is 31.8 Å². The summed E-state index contributed by atoms with van der Waals surface area (Å²) >= 11 is 0. The quantitative estimate of drug-likeness (QED) is 0.113. The summed E-state index contributed by atoms with van der Waals surface area (Å²) in [6.45, 7) is 0. The van der Waals surface area contributed by atoms with Crippen LogP contribution in [0.15, 0.2) is 118 Å². The molecule has 0 aliphatic heterocycles. The number of hydrogen-bond acceptors (Lipinski definition) is 9. The Morgan fingerprint density at radius 2 is 1.33 bits per heavy atom. The van der Waals surface area contributed by atoms with E-state index in [0.717, 1.165) is 18.2 Å². The average molecular weight is 649 g/mol. The predicted octanol–water partition coefficient (Wildman–Crippen LogP) is 6.74. The third-order valence-corrected chi connectivity index (χ3v) is 7.38. The molecule has 0 aliphatic carbocycles. The van der Waals surface area contributed by atoms with Crippen LogP contribution in [0.25, 0.3) is 11.1 Å². The van der Waals surface area contributed by atoms with E-state index in [1.54, 1.807) is 12.1 Å². The second-order valence-corrected chi connectivity index (χ2v) is 10.9. The van der Waals surface area contributed by atoms with Gasteiger partial charge in [-0.2, -0.15) is 10.2 Å². The molecule has 5 rings (SSSR count). The number of azo groups is 1. The molecule has 1 heterocycles. The van der Waals surface area contributed by atoms with Crippen LogP contribution in [0.2, 0.25) is 0 Å². The highest BCUT2D eigenvalue weighted by Crippen LogP contribution is 2.29. The van der Waals surface area contributed by atoms with Gasteiger partial charge in [-0.1, -0.05) is 12.1 Å². The minimum atomic E-state index is -3.79. The van der Waals surface area contributed by atoms with Crippen LogP contribution in [0, 0.1) is 11.6 Å². The Labute approximate surface area is 259 Å². The summed E-state index contributed by atoms with van der Waals surface area (Å²) in [5.41, 5.74) is 0.279. The Balaban J connectivity index is 0.000000230. The second-order valence-electron chi connectivity index (χ2n) is 9.18. The second kappa shape index (κ2) is 14.0. The monoisotopic (exact) mass is 648 g/mol. The molecule has 0 bridgehead atoms. The molecule has 15 heteroatoms. The molecule has 1 aromatic heterocycles. The molecule has 4 aromatic carbocycles. The Kier molecular flexibility index (Phi) is 9.98. The third kappa shape index (κ3) is 8.23. The fraction of sp³-hybridized carbons (Fsp3) is 0. The molecular formula is C31H22F2N4O8S. The van der Waals surface area contributed by atoms with Crippen LogP contribution in [0.5, 0.6) is 11.5 Å². The number of carboxylic acid groups (broad SMARTS) is 2. The van der Waals surface area contributed by atoms with Crippen LogP contribution in [0.4, 0.5) is 26.0 Å². The maximum atomic E-state index is 13.5. The number of halogens is 2. The van der Waals surface area contributed by atoms with Gasteiger partial charge in [0.1, 0.15) is 40.1 Å². The zero-order valence-electron chi connectivity index (χ0n) is 23.2. The minimum absolute atomic E-state index is 0.0231. The van der Waals surface area contributed by atoms with Crippen molar-refractivity contribution < 1.29 is 47.2 Å². The van der Waals surface area contributed by atoms with Gasteiger partial charge in [-0.05, 0) is 84.4 Å². The Morgan fingerprint density at radius 1 is 0.717 bits per heavy atom. The maximum absolute atomic E-state index is 13.5. The highest BCUT2D eigenvalue weighted by atomic mass is 32.2. The minimum Gasteiger partial charge on any atom is -0.507 e. The number of nitrogens with one attached hydrogen (secondary N) is 1. The normalized spacial score (nSPS) is 11.0. The van der Waals surface area contributed by atoms with Crippen molar-refractivity contribution in [2.24, 2.45) is 10.2 Å². The lowest BCUT2D eigenvalue weighted by atomic mass is 10.0. The van der Waals surface area contributed by atoms with E-state index in [2.05, 4.69) is 19.9 Å². The number of rotatable bonds is 8. The topological polar surface area (TPSA) is 199 Å². The number of benzene rings is 4. The van der Waals surface area contributed by atoms with Gasteiger partial charge in [0, 0.05) is 17.8 Å². The van der Waals surface area contributed by atoms with Crippen LogP contribution in [-0.2, 0) is 10.0 Å². The van der Waals surface area contributed by atoms with Crippen molar-refractivity contribution in [2.75, 3.05) is 4.72 Å². The number of carboxylic acids is 2. The van der Waals surface area contributed by atoms with Gasteiger partial charge in [0.15, 0.2) is 0 Å². The number of hydrogen-bond donors (Lipinski definition) is 5. The van der Waals surface area contributed by atoms with E-state index in [1.165, 1.54) is 66.9 Å². The van der Waals surface area contributed by atoms with Crippen LogP contribution < -0.4 is 4.72 Å². The van der Waals surface area contributed by atoms with E-state index in [9.17, 15) is 37.0 Å². The molecule has 0 atom stereocenters. The third-order valence-electron chi connectivity index (χ3n) is 6.01. The molecule has 0 saturated heterocycles. The summed E-state index contributed by atoms with van der Waals surface area (Å²) in [6, 6.07) is 20.9. The van der Waals surface area contributed by atoms with E-state index in [0.29, 0.717) is 11.8 Å². The number of aromatic nitrogens is 1. The van der Waals surface area contributed by atoms with Crippen LogP contribution in [0.3, 0.4) is 0 Å². The summed E-state index contributed by atoms with van der Waals surface area (Å²) in [5.74, 6) is -4.70. The van der Waals surface area contributed by atoms with E-state index in [-0.39, 0.29) is 44.4 Å². The average Bonchev–Trinajstić information content (AvgIpc) is 3.01. The molecule has 12 nitrogen and oxygen atoms in total. The molecule has 46 heavy (non-hydrogen) atoms. The molecular weight excluding hydrogens is 626 g/mol. The van der Waals surface area contributed by atoms with Crippen molar-refractivity contribution in [3.05, 3.63) is 126 Å². The Morgan fingerprint density at radius 3 is 1.93 bits per heavy atom. The smallest absolute Gasteiger partial charge is 0.339 e. The summed E-state index contributed by atoms with van der Waals surface area (Å²) in [4.78, 5) is 25.8. The molecule has 0 spiro atoms. The molecule has 0 aliphatic rings. The van der Waals surface area contributed by atoms with E-state index in [4.69, 9.17) is 10.2 Å². The number of aromatic hydroxyl groups is 2. The van der Waals surface area contributed by atoms with Gasteiger partial charge < -0.3 is 20.4 Å². The van der Waals surface area contributed by atoms with Crippen LogP contribution >= 0.6 is 0 Å². The number of phenols is 2. The van der Waals surface area contributed by atoms with Crippen molar-refractivity contribution in [3.63, 3.8) is 0 Å². The molecule has 0 saturated carbocycles. The van der Waals surface area contributed by atoms with Crippen molar-refractivity contribution in [2.45, 2.75) is 4.90 Å². The Hall–Kier alpha value is -6.22. The van der Waals surface area contributed by atoms with E-state index >= 15 is 0 Å². The molecule has 234 valence electrons. The van der Waals surface area contributed by atoms with Crippen molar-refractivity contribution in [1.29, 1.82) is 0 Å². The molecule has 0 unspecified atom stereocenters. The van der Waals surface area contributed by atoms with Crippen molar-refractivity contribution >= 4 is 39.2 Å². The zero-order valence-corrected chi connectivity index (χ0v) is 24.1. The van der Waals surface area contributed by atoms with Crippen molar-refractivity contribution in [3.8, 4) is 22.6 Å². The number of anilines is 1. The number of carbonyl (C=O) groups is 2. The fourth-order valence-electron chi connectivity index (χ4n) is 3.78. The summed E-state index contributed by atoms with van der Waals surface area (Å²) in [7, 11) is -3.79. The molecule has 0 amide bonds. The maximum Gasteiger partial charge on any atom is 0.339 e. The van der Waals surface area contributed by atoms with Crippen LogP contribution in [-0.4, -0.2) is 45.8 Å². The van der Waals surface area contributed by atoms with E-state index in [1.807, 2.05) is 0 Å². The van der Waals surface area contributed by atoms with Crippen molar-refractivity contribution in [1.82, 2.24) is 4.98 Å². The summed E-state index contributed by atoms with van der Waals surface area (Å²) in [5, 5.41) is 44.5. The van der Waals surface area contributed by atoms with Gasteiger partial charge in [0.2, 0.25) is 0 Å². The lowest BCUT2D eigenvalue weighted by Gasteiger charge is -2.07. The number of nitrogens with zero attached hydrogens (tertiary/aromatic N) is 3. The number of pyridine rings is 1. The van der Waals surface area contributed by atoms with Gasteiger partial charge in [0.25, 0.3) is 10.0 Å². The molecule has 0 fully saturated rings. The molecule has 5 aromatic rings. The molecule has 5 N–H and O–H groups in total. The van der Waals surface area contributed by atoms with E-state index < -0.39 is 39.3 Å². The SMILES string of the molecule is O=C(O)c1cc(-c2ccc(F)cc2F)ccc1O.O=C(O)c1cc(N=Nc2ccc(S(=O)(=O)Nc3ccccn3)cc2)ccc1O. The largest absolute Gasteiger partial charge is 0.507 e. The predicted molar refractivity (Wildman–Crippen MR) is 161 cm³/mol. The Bertz CT molecular complexity index is 2040. The van der Waals surface area contributed by atoms with Crippen LogP contribution in [0.1, 0.15) is 20.7 Å². The first kappa shape index (κ1) is 32.7. The first-order chi connectivity index (χ1) is 21.8. The zero-order chi connectivity index (χ0) is 33.4. The van der Waals surface area contributed by atoms with Gasteiger partial charge in [-0.15, -0.1) is 0 Å². The number of sulfonamides is 1. The molecule has 0 radical (unpaired) electrons. The number of aromatic carboxylic acids is 2. The lowest BCUT2D eigenvalue weighted by Crippen LogP contribution is -2.13. The highest BCUT2D eigenvalue weighted by molar-refractivity contribution is 7.92. The van der Waals surface area contributed by atoms with Gasteiger partial charge in [0.05, 0.1) is 16.3 Å². The van der Waals surface area contributed by atoms with Gasteiger partial charge >= 0.3 is 11.9 Å². The standard InChI is InChI=1S/C18H14N4O5S.C13H8F2O3/c23-16-9-6-13(11-15(16)18(24)25)21-20-12-4-7-14(8-5-12)28(26,27)22-17-3-1-2-10-19-17;14-8-2-3-9(11(15)6-8)7-1-4-12(16)10(5-7)13(17)18/h1-11,23H,(H,19,22)(H,24,25);1-6,16H,(H,17,18). The first-order valence-corrected chi connectivity index (χ1v) is 14.4.